The van der Waals surface area contributed by atoms with E-state index >= 15 is 0 Å². The molecule has 0 fully saturated rings. The Bertz CT molecular complexity index is 1170. The summed E-state index contributed by atoms with van der Waals surface area (Å²) in [5.41, 5.74) is 1.02. The number of methoxy groups -OCH3 is 5. The Kier molecular flexibility index (Phi) is 11.7. The predicted octanol–water partition coefficient (Wildman–Crippen LogP) is 7.49. The lowest BCUT2D eigenvalue weighted by Gasteiger charge is -2.38. The Morgan fingerprint density at radius 2 is 1.14 bits per heavy atom. The highest BCUT2D eigenvalue weighted by atomic mass is 28.4. The molecule has 2 aromatic carbocycles. The minimum absolute atomic E-state index is 0.00509. The molecule has 236 valence electrons. The monoisotopic (exact) mass is 604 g/mol. The second-order valence-electron chi connectivity index (χ2n) is 12.9. The maximum absolute atomic E-state index is 13.0. The Hall–Kier alpha value is -3.07. The van der Waals surface area contributed by atoms with Crippen LogP contribution in [0, 0.1) is 11.8 Å². The number of rotatable bonds is 14. The zero-order chi connectivity index (χ0) is 32.0. The van der Waals surface area contributed by atoms with Gasteiger partial charge >= 0.3 is 5.97 Å². The van der Waals surface area contributed by atoms with Crippen molar-refractivity contribution in [3.05, 3.63) is 35.4 Å². The smallest absolute Gasteiger partial charge is 0.308 e. The summed E-state index contributed by atoms with van der Waals surface area (Å²) < 4.78 is 41.2. The van der Waals surface area contributed by atoms with Gasteiger partial charge in [0, 0.05) is 12.3 Å². The van der Waals surface area contributed by atoms with Crippen molar-refractivity contribution in [2.75, 3.05) is 35.5 Å². The van der Waals surface area contributed by atoms with Gasteiger partial charge in [-0.25, -0.2) is 0 Å². The molecule has 0 heterocycles. The van der Waals surface area contributed by atoms with Gasteiger partial charge in [-0.15, -0.1) is 0 Å². The lowest BCUT2D eigenvalue weighted by Crippen LogP contribution is -2.44. The summed E-state index contributed by atoms with van der Waals surface area (Å²) in [5, 5.41) is 0.00509. The molecule has 0 unspecified atom stereocenters. The Morgan fingerprint density at radius 1 is 0.714 bits per heavy atom. The van der Waals surface area contributed by atoms with E-state index in [1.165, 1.54) is 0 Å². The molecule has 9 heteroatoms. The summed E-state index contributed by atoms with van der Waals surface area (Å²) >= 11 is 0. The molecule has 0 amide bonds. The Labute approximate surface area is 254 Å². The van der Waals surface area contributed by atoms with Crippen molar-refractivity contribution in [3.63, 3.8) is 0 Å². The molecular weight excluding hydrogens is 552 g/mol. The fraction of sp³-hybridized carbons (Fsp3) is 0.606. The van der Waals surface area contributed by atoms with Crippen LogP contribution in [0.4, 0.5) is 0 Å². The molecule has 0 spiro atoms. The molecule has 0 N–H and O–H groups in total. The highest BCUT2D eigenvalue weighted by molar-refractivity contribution is 6.74. The number of carbonyl (C=O) groups is 1. The van der Waals surface area contributed by atoms with E-state index in [1.54, 1.807) is 35.5 Å². The van der Waals surface area contributed by atoms with Crippen molar-refractivity contribution in [2.45, 2.75) is 85.0 Å². The lowest BCUT2D eigenvalue weighted by molar-refractivity contribution is -0.167. The molecule has 8 nitrogen and oxygen atoms in total. The molecule has 0 aliphatic carbocycles. The average Bonchev–Trinajstić information content (AvgIpc) is 2.91. The maximum Gasteiger partial charge on any atom is 0.308 e. The first kappa shape index (κ1) is 35.1. The third-order valence-electron chi connectivity index (χ3n) is 8.35. The van der Waals surface area contributed by atoms with Crippen LogP contribution in [0.5, 0.6) is 34.5 Å². The molecule has 0 bridgehead atoms. The van der Waals surface area contributed by atoms with Crippen molar-refractivity contribution >= 4 is 14.3 Å². The summed E-state index contributed by atoms with van der Waals surface area (Å²) in [6.07, 6.45) is 1.03. The molecule has 0 aliphatic rings. The van der Waals surface area contributed by atoms with Gasteiger partial charge in [-0.05, 0) is 66.9 Å². The van der Waals surface area contributed by atoms with Crippen LogP contribution in [-0.4, -0.2) is 55.4 Å². The van der Waals surface area contributed by atoms with E-state index in [2.05, 4.69) is 40.8 Å². The van der Waals surface area contributed by atoms with Gasteiger partial charge in [-0.3, -0.25) is 4.79 Å². The van der Waals surface area contributed by atoms with Gasteiger partial charge in [-0.2, -0.15) is 0 Å². The van der Waals surface area contributed by atoms with E-state index in [1.807, 2.05) is 45.0 Å². The number of ether oxygens (including phenoxy) is 6. The Balaban J connectivity index is 2.54. The number of esters is 1. The molecule has 0 saturated heterocycles. The van der Waals surface area contributed by atoms with Crippen LogP contribution in [0.25, 0.3) is 0 Å². The molecule has 42 heavy (non-hydrogen) atoms. The lowest BCUT2D eigenvalue weighted by atomic mass is 9.80. The number of carbonyl (C=O) groups excluding carboxylic acids is 1. The molecule has 2 aromatic rings. The summed E-state index contributed by atoms with van der Waals surface area (Å²) in [6, 6.07) is 7.78. The van der Waals surface area contributed by atoms with Crippen molar-refractivity contribution in [1.29, 1.82) is 0 Å². The molecule has 2 rings (SSSR count). The van der Waals surface area contributed by atoms with Gasteiger partial charge in [0.25, 0.3) is 8.32 Å². The topological polar surface area (TPSA) is 81.7 Å². The summed E-state index contributed by atoms with van der Waals surface area (Å²) in [7, 11) is 5.85. The van der Waals surface area contributed by atoms with E-state index < -0.39 is 13.9 Å². The van der Waals surface area contributed by atoms with Gasteiger partial charge < -0.3 is 32.8 Å². The quantitative estimate of drug-likeness (QED) is 0.162. The second kappa shape index (κ2) is 13.9. The summed E-state index contributed by atoms with van der Waals surface area (Å²) in [4.78, 5) is 13.0. The van der Waals surface area contributed by atoms with Gasteiger partial charge in [0.1, 0.15) is 5.60 Å². The first-order chi connectivity index (χ1) is 19.5. The van der Waals surface area contributed by atoms with Crippen LogP contribution in [0.2, 0.25) is 18.1 Å². The van der Waals surface area contributed by atoms with Crippen LogP contribution in [-0.2, 0) is 22.4 Å². The SMILES string of the molecule is COc1cc(C[C@@](C)(OC(=O)C(C)C)[C@@H](C)Cc2cc(OC)c(O[Si](C)(C)C(C)(C)C)c(OC)c2)cc(OC)c1OC. The van der Waals surface area contributed by atoms with Gasteiger partial charge in [-0.1, -0.05) is 41.5 Å². The molecule has 0 radical (unpaired) electrons. The minimum Gasteiger partial charge on any atom is -0.539 e. The van der Waals surface area contributed by atoms with E-state index in [-0.39, 0.29) is 22.8 Å². The standard InChI is InChI=1S/C33H52O8Si/c1-21(2)31(34)40-33(7,20-24-18-25(35-8)29(39-12)26(19-24)36-9)22(3)15-23-16-27(37-10)30(28(17-23)38-11)41-42(13,14)32(4,5)6/h16-19,21-22H,15,20H2,1-14H3/t22-,33+/m0/s1. The summed E-state index contributed by atoms with van der Waals surface area (Å²) in [6.45, 7) is 18.7. The van der Waals surface area contributed by atoms with E-state index in [4.69, 9.17) is 32.8 Å². The fourth-order valence-electron chi connectivity index (χ4n) is 4.43. The Morgan fingerprint density at radius 3 is 1.52 bits per heavy atom. The van der Waals surface area contributed by atoms with Gasteiger partial charge in [0.15, 0.2) is 28.7 Å². The van der Waals surface area contributed by atoms with Crippen molar-refractivity contribution < 1.29 is 37.6 Å². The number of benzene rings is 2. The van der Waals surface area contributed by atoms with E-state index in [9.17, 15) is 4.79 Å². The second-order valence-corrected chi connectivity index (χ2v) is 17.6. The zero-order valence-corrected chi connectivity index (χ0v) is 29.1. The highest BCUT2D eigenvalue weighted by Crippen LogP contribution is 2.46. The van der Waals surface area contributed by atoms with Crippen LogP contribution in [0.3, 0.4) is 0 Å². The molecule has 0 saturated carbocycles. The average molecular weight is 605 g/mol. The predicted molar refractivity (Wildman–Crippen MR) is 169 cm³/mol. The van der Waals surface area contributed by atoms with Gasteiger partial charge in [0.05, 0.1) is 41.5 Å². The van der Waals surface area contributed by atoms with E-state index in [0.717, 1.165) is 11.1 Å². The van der Waals surface area contributed by atoms with Crippen LogP contribution >= 0.6 is 0 Å². The number of hydrogen-bond donors (Lipinski definition) is 0. The molecule has 2 atom stereocenters. The number of hydrogen-bond acceptors (Lipinski definition) is 8. The van der Waals surface area contributed by atoms with Crippen molar-refractivity contribution in [3.8, 4) is 34.5 Å². The first-order valence-electron chi connectivity index (χ1n) is 14.4. The highest BCUT2D eigenvalue weighted by Gasteiger charge is 2.41. The maximum atomic E-state index is 13.0. The van der Waals surface area contributed by atoms with E-state index in [0.29, 0.717) is 47.3 Å². The van der Waals surface area contributed by atoms with Crippen molar-refractivity contribution in [2.24, 2.45) is 11.8 Å². The molecular formula is C33H52O8Si. The fourth-order valence-corrected chi connectivity index (χ4v) is 5.45. The normalized spacial score (nSPS) is 14.1. The third kappa shape index (κ3) is 8.05. The van der Waals surface area contributed by atoms with Gasteiger partial charge in [0.2, 0.25) is 5.75 Å². The molecule has 0 aliphatic heterocycles. The largest absolute Gasteiger partial charge is 0.539 e. The van der Waals surface area contributed by atoms with Crippen molar-refractivity contribution in [1.82, 2.24) is 0 Å². The third-order valence-corrected chi connectivity index (χ3v) is 12.7. The van der Waals surface area contributed by atoms with Crippen LogP contribution < -0.4 is 28.1 Å². The zero-order valence-electron chi connectivity index (χ0n) is 28.1. The summed E-state index contributed by atoms with van der Waals surface area (Å²) in [5.74, 6) is 2.83. The minimum atomic E-state index is -2.16. The van der Waals surface area contributed by atoms with Crippen LogP contribution in [0.15, 0.2) is 24.3 Å². The first-order valence-corrected chi connectivity index (χ1v) is 17.3. The van der Waals surface area contributed by atoms with Crippen LogP contribution in [0.1, 0.15) is 59.6 Å². The molecule has 0 aromatic heterocycles.